The number of carbonyl (C=O) groups excluding carboxylic acids is 1. The Hall–Kier alpha value is -1.67. The van der Waals surface area contributed by atoms with Crippen molar-refractivity contribution in [2.75, 3.05) is 13.2 Å². The number of aldehydes is 1. The lowest BCUT2D eigenvalue weighted by atomic mass is 9.52. The summed E-state index contributed by atoms with van der Waals surface area (Å²) in [6.07, 6.45) is 10.0. The third-order valence-corrected chi connectivity index (χ3v) is 8.95. The molecule has 0 radical (unpaired) electrons. The third-order valence-electron chi connectivity index (χ3n) is 8.95. The summed E-state index contributed by atoms with van der Waals surface area (Å²) in [6, 6.07) is 2.48. The van der Waals surface area contributed by atoms with Crippen molar-refractivity contribution in [2.24, 2.45) is 46.3 Å². The van der Waals surface area contributed by atoms with Gasteiger partial charge in [-0.05, 0) is 68.1 Å². The molecule has 0 amide bonds. The van der Waals surface area contributed by atoms with Gasteiger partial charge in [0.2, 0.25) is 0 Å². The van der Waals surface area contributed by atoms with Crippen LogP contribution in [0.15, 0.2) is 11.6 Å². The van der Waals surface area contributed by atoms with E-state index in [2.05, 4.69) is 26.0 Å². The minimum absolute atomic E-state index is 0.0517. The van der Waals surface area contributed by atoms with Gasteiger partial charge < -0.3 is 14.6 Å². The number of aliphatic carboxylic acids is 1. The first-order valence-corrected chi connectivity index (χ1v) is 12.7. The molecule has 5 heteroatoms. The smallest absolute Gasteiger partial charge is 0.314 e. The van der Waals surface area contributed by atoms with Crippen molar-refractivity contribution < 1.29 is 19.4 Å². The highest BCUT2D eigenvalue weighted by atomic mass is 16.5. The van der Waals surface area contributed by atoms with E-state index in [9.17, 15) is 20.0 Å². The highest BCUT2D eigenvalue weighted by Gasteiger charge is 2.71. The normalized spacial score (nSPS) is 38.1. The van der Waals surface area contributed by atoms with Crippen LogP contribution >= 0.6 is 0 Å². The number of unbranched alkanes of at least 4 members (excludes halogenated alkanes) is 2. The Morgan fingerprint density at radius 1 is 1.31 bits per heavy atom. The molecule has 0 saturated heterocycles. The van der Waals surface area contributed by atoms with E-state index in [1.54, 1.807) is 0 Å². The Morgan fingerprint density at radius 2 is 2.03 bits per heavy atom. The lowest BCUT2D eigenvalue weighted by molar-refractivity contribution is -0.160. The van der Waals surface area contributed by atoms with Crippen molar-refractivity contribution in [3.63, 3.8) is 0 Å². The predicted octanol–water partition coefficient (Wildman–Crippen LogP) is 5.65. The Balaban J connectivity index is 1.85. The first kappa shape index (κ1) is 25.0. The second kappa shape index (κ2) is 10.1. The summed E-state index contributed by atoms with van der Waals surface area (Å²) in [7, 11) is 0. The number of carbonyl (C=O) groups is 2. The van der Waals surface area contributed by atoms with E-state index in [0.29, 0.717) is 19.3 Å². The minimum atomic E-state index is -1.11. The van der Waals surface area contributed by atoms with Crippen molar-refractivity contribution in [3.8, 4) is 6.07 Å². The molecule has 0 aromatic rings. The zero-order chi connectivity index (χ0) is 23.5. The second-order valence-electron chi connectivity index (χ2n) is 10.9. The van der Waals surface area contributed by atoms with E-state index >= 15 is 0 Å². The molecule has 3 aliphatic rings. The van der Waals surface area contributed by atoms with Crippen LogP contribution in [0, 0.1) is 57.7 Å². The molecule has 2 saturated carbocycles. The van der Waals surface area contributed by atoms with E-state index < -0.39 is 16.8 Å². The fourth-order valence-corrected chi connectivity index (χ4v) is 7.45. The SMILES string of the molecule is CCCCOCCCCC1C(C)C(C#N)CC1[C@@]1(C=O)CC2C=C(C(C)C)[C@@]1(C(=O)O)C2. The fourth-order valence-electron chi connectivity index (χ4n) is 7.45. The van der Waals surface area contributed by atoms with Crippen molar-refractivity contribution in [3.05, 3.63) is 11.6 Å². The molecule has 0 aliphatic heterocycles. The average molecular weight is 444 g/mol. The molecule has 178 valence electrons. The number of carboxylic acid groups (broad SMARTS) is 1. The maximum Gasteiger partial charge on any atom is 0.314 e. The molecule has 0 spiro atoms. The van der Waals surface area contributed by atoms with Gasteiger partial charge in [0.05, 0.1) is 6.07 Å². The summed E-state index contributed by atoms with van der Waals surface area (Å²) in [5.74, 6) is -0.384. The zero-order valence-electron chi connectivity index (χ0n) is 20.3. The Kier molecular flexibility index (Phi) is 7.86. The van der Waals surface area contributed by atoms with Crippen molar-refractivity contribution >= 4 is 12.3 Å². The van der Waals surface area contributed by atoms with Crippen LogP contribution in [-0.4, -0.2) is 30.6 Å². The molecule has 1 N–H and O–H groups in total. The second-order valence-corrected chi connectivity index (χ2v) is 10.9. The number of hydrogen-bond donors (Lipinski definition) is 1. The number of hydrogen-bond acceptors (Lipinski definition) is 4. The van der Waals surface area contributed by atoms with Crippen molar-refractivity contribution in [1.82, 2.24) is 0 Å². The molecule has 5 unspecified atom stereocenters. The van der Waals surface area contributed by atoms with E-state index in [1.807, 2.05) is 13.8 Å². The molecule has 3 rings (SSSR count). The zero-order valence-corrected chi connectivity index (χ0v) is 20.3. The summed E-state index contributed by atoms with van der Waals surface area (Å²) in [5.41, 5.74) is -1.08. The average Bonchev–Trinajstić information content (AvgIpc) is 3.42. The van der Waals surface area contributed by atoms with Crippen LogP contribution in [0.2, 0.25) is 0 Å². The Morgan fingerprint density at radius 3 is 2.62 bits per heavy atom. The summed E-state index contributed by atoms with van der Waals surface area (Å²) < 4.78 is 5.71. The number of nitrogens with zero attached hydrogens (tertiary/aromatic N) is 1. The van der Waals surface area contributed by atoms with Crippen LogP contribution in [0.5, 0.6) is 0 Å². The highest BCUT2D eigenvalue weighted by Crippen LogP contribution is 2.71. The Bertz CT molecular complexity index is 768. The molecule has 0 heterocycles. The van der Waals surface area contributed by atoms with Crippen LogP contribution in [0.4, 0.5) is 0 Å². The molecular formula is C27H41NO4. The standard InChI is InChI=1S/C27H41NO4/c1-5-6-10-32-11-8-7-9-22-19(4)21(16-28)13-24(22)26(17-29)14-20-12-23(18(2)3)27(26,15-20)25(30)31/h12,17-22,24H,5-11,13-15H2,1-4H3,(H,30,31)/t19?,20?,21?,22?,24?,26-,27+/m0/s1. The van der Waals surface area contributed by atoms with Gasteiger partial charge in [-0.1, -0.05) is 52.2 Å². The molecule has 2 bridgehead atoms. The van der Waals surface area contributed by atoms with Crippen LogP contribution < -0.4 is 0 Å². The lowest BCUT2D eigenvalue weighted by Crippen LogP contribution is -2.53. The molecule has 0 aromatic carbocycles. The Labute approximate surface area is 193 Å². The van der Waals surface area contributed by atoms with Crippen molar-refractivity contribution in [2.45, 2.75) is 79.1 Å². The summed E-state index contributed by atoms with van der Waals surface area (Å²) in [6.45, 7) is 9.91. The molecule has 7 atom stereocenters. The van der Waals surface area contributed by atoms with Gasteiger partial charge in [0.1, 0.15) is 11.7 Å². The van der Waals surface area contributed by atoms with Gasteiger partial charge in [-0.25, -0.2) is 0 Å². The highest BCUT2D eigenvalue weighted by molar-refractivity contribution is 5.88. The fraction of sp³-hybridized carbons (Fsp3) is 0.815. The van der Waals surface area contributed by atoms with Gasteiger partial charge >= 0.3 is 5.97 Å². The van der Waals surface area contributed by atoms with Crippen LogP contribution in [-0.2, 0) is 14.3 Å². The van der Waals surface area contributed by atoms with Gasteiger partial charge in [0.25, 0.3) is 0 Å². The van der Waals surface area contributed by atoms with Crippen molar-refractivity contribution in [1.29, 1.82) is 5.26 Å². The number of allylic oxidation sites excluding steroid dienone is 1. The van der Waals surface area contributed by atoms with Gasteiger partial charge in [-0.15, -0.1) is 0 Å². The van der Waals surface area contributed by atoms with E-state index in [1.165, 1.54) is 0 Å². The third kappa shape index (κ3) is 3.94. The molecule has 0 aromatic heterocycles. The number of fused-ring (bicyclic) bond motifs is 2. The maximum atomic E-state index is 12.9. The van der Waals surface area contributed by atoms with Gasteiger partial charge in [0, 0.05) is 24.5 Å². The first-order valence-electron chi connectivity index (χ1n) is 12.7. The molecule has 3 aliphatic carbocycles. The first-order chi connectivity index (χ1) is 15.3. The quantitative estimate of drug-likeness (QED) is 0.239. The molecule has 5 nitrogen and oxygen atoms in total. The van der Waals surface area contributed by atoms with Gasteiger partial charge in [-0.3, -0.25) is 4.79 Å². The molecule has 2 fully saturated rings. The van der Waals surface area contributed by atoms with E-state index in [-0.39, 0.29) is 35.5 Å². The predicted molar refractivity (Wildman–Crippen MR) is 124 cm³/mol. The number of ether oxygens (including phenoxy) is 1. The van der Waals surface area contributed by atoms with Gasteiger partial charge in [-0.2, -0.15) is 5.26 Å². The van der Waals surface area contributed by atoms with E-state index in [0.717, 1.165) is 57.2 Å². The molecular weight excluding hydrogens is 402 g/mol. The largest absolute Gasteiger partial charge is 0.481 e. The monoisotopic (exact) mass is 443 g/mol. The van der Waals surface area contributed by atoms with Crippen LogP contribution in [0.3, 0.4) is 0 Å². The van der Waals surface area contributed by atoms with Crippen LogP contribution in [0.1, 0.15) is 79.1 Å². The molecule has 32 heavy (non-hydrogen) atoms. The van der Waals surface area contributed by atoms with E-state index in [4.69, 9.17) is 4.74 Å². The van der Waals surface area contributed by atoms with Gasteiger partial charge in [0.15, 0.2) is 0 Å². The topological polar surface area (TPSA) is 87.4 Å². The number of carboxylic acids is 1. The summed E-state index contributed by atoms with van der Waals surface area (Å²) in [4.78, 5) is 25.8. The minimum Gasteiger partial charge on any atom is -0.481 e. The summed E-state index contributed by atoms with van der Waals surface area (Å²) in [5, 5.41) is 20.4. The maximum absolute atomic E-state index is 12.9. The number of rotatable bonds is 12. The lowest BCUT2D eigenvalue weighted by Gasteiger charge is -2.48. The summed E-state index contributed by atoms with van der Waals surface area (Å²) >= 11 is 0. The number of nitriles is 1. The van der Waals surface area contributed by atoms with Crippen LogP contribution in [0.25, 0.3) is 0 Å².